The van der Waals surface area contributed by atoms with Gasteiger partial charge in [0.15, 0.2) is 0 Å². The molecule has 4 heteroatoms. The van der Waals surface area contributed by atoms with Gasteiger partial charge in [0, 0.05) is 25.4 Å². The number of piperidine rings is 1. The minimum absolute atomic E-state index is 0.0816. The summed E-state index contributed by atoms with van der Waals surface area (Å²) < 4.78 is 1.43. The number of carbonyl (C=O) groups excluding carboxylic acids is 1. The van der Waals surface area contributed by atoms with Gasteiger partial charge in [0.1, 0.15) is 5.70 Å². The first-order chi connectivity index (χ1) is 11.3. The number of hydrogen-bond donors (Lipinski definition) is 0. The molecule has 2 heterocycles. The Morgan fingerprint density at radius 1 is 0.913 bits per heavy atom. The third-order valence-corrected chi connectivity index (χ3v) is 4.05. The molecule has 0 spiro atoms. The van der Waals surface area contributed by atoms with E-state index in [0.717, 1.165) is 37.9 Å². The van der Waals surface area contributed by atoms with Crippen LogP contribution in [0.25, 0.3) is 11.8 Å². The quantitative estimate of drug-likeness (QED) is 0.818. The predicted molar refractivity (Wildman–Crippen MR) is 91.7 cm³/mol. The van der Waals surface area contributed by atoms with Crippen LogP contribution in [0.3, 0.4) is 0 Å². The first-order valence-corrected chi connectivity index (χ1v) is 8.00. The van der Waals surface area contributed by atoms with Crippen LogP contribution in [0.2, 0.25) is 0 Å². The van der Waals surface area contributed by atoms with E-state index >= 15 is 0 Å². The van der Waals surface area contributed by atoms with Crippen LogP contribution < -0.4 is 5.56 Å². The van der Waals surface area contributed by atoms with Gasteiger partial charge in [-0.2, -0.15) is 0 Å². The van der Waals surface area contributed by atoms with Crippen LogP contribution in [0.15, 0.2) is 59.5 Å². The topological polar surface area (TPSA) is 42.3 Å². The van der Waals surface area contributed by atoms with E-state index in [1.54, 1.807) is 24.4 Å². The van der Waals surface area contributed by atoms with Crippen molar-refractivity contribution in [2.45, 2.75) is 19.3 Å². The molecule has 1 aliphatic rings. The van der Waals surface area contributed by atoms with E-state index in [1.807, 2.05) is 35.2 Å². The van der Waals surface area contributed by atoms with Gasteiger partial charge in [-0.3, -0.25) is 14.2 Å². The van der Waals surface area contributed by atoms with Gasteiger partial charge in [0.05, 0.1) is 0 Å². The van der Waals surface area contributed by atoms with Crippen LogP contribution in [0.1, 0.15) is 24.8 Å². The Morgan fingerprint density at radius 3 is 2.30 bits per heavy atom. The summed E-state index contributed by atoms with van der Waals surface area (Å²) in [6, 6.07) is 14.6. The van der Waals surface area contributed by atoms with E-state index in [-0.39, 0.29) is 11.5 Å². The second-order valence-electron chi connectivity index (χ2n) is 5.70. The maximum absolute atomic E-state index is 13.0. The monoisotopic (exact) mass is 308 g/mol. The fourth-order valence-corrected chi connectivity index (χ4v) is 2.83. The van der Waals surface area contributed by atoms with Crippen molar-refractivity contribution in [1.82, 2.24) is 9.47 Å². The fraction of sp³-hybridized carbons (Fsp3) is 0.263. The maximum atomic E-state index is 13.0. The summed E-state index contributed by atoms with van der Waals surface area (Å²) >= 11 is 0. The van der Waals surface area contributed by atoms with Gasteiger partial charge in [-0.1, -0.05) is 36.4 Å². The summed E-state index contributed by atoms with van der Waals surface area (Å²) in [6.07, 6.45) is 6.65. The highest BCUT2D eigenvalue weighted by molar-refractivity contribution is 6.18. The van der Waals surface area contributed by atoms with Gasteiger partial charge in [-0.05, 0) is 37.0 Å². The highest BCUT2D eigenvalue weighted by atomic mass is 16.2. The normalized spacial score (nSPS) is 15.5. The van der Waals surface area contributed by atoms with Crippen molar-refractivity contribution in [2.75, 3.05) is 13.1 Å². The third-order valence-electron chi connectivity index (χ3n) is 4.05. The van der Waals surface area contributed by atoms with Gasteiger partial charge < -0.3 is 4.90 Å². The van der Waals surface area contributed by atoms with Gasteiger partial charge in [0.2, 0.25) is 0 Å². The Hall–Kier alpha value is -2.62. The summed E-state index contributed by atoms with van der Waals surface area (Å²) in [4.78, 5) is 27.0. The first kappa shape index (κ1) is 15.3. The molecule has 4 nitrogen and oxygen atoms in total. The number of aromatic nitrogens is 1. The molecule has 1 aliphatic heterocycles. The van der Waals surface area contributed by atoms with E-state index in [9.17, 15) is 9.59 Å². The number of benzene rings is 1. The molecule has 1 saturated heterocycles. The van der Waals surface area contributed by atoms with E-state index in [1.165, 1.54) is 10.6 Å². The molecule has 3 rings (SSSR count). The largest absolute Gasteiger partial charge is 0.337 e. The number of carbonyl (C=O) groups is 1. The SMILES string of the molecule is O=C(/C(=C\c1ccccc1)n1ccccc1=O)N1CCCCC1. The summed E-state index contributed by atoms with van der Waals surface area (Å²) in [5.41, 5.74) is 1.12. The lowest BCUT2D eigenvalue weighted by Gasteiger charge is -2.28. The van der Waals surface area contributed by atoms with Gasteiger partial charge in [-0.15, -0.1) is 0 Å². The lowest BCUT2D eigenvalue weighted by Crippen LogP contribution is -2.38. The molecule has 0 saturated carbocycles. The van der Waals surface area contributed by atoms with Crippen LogP contribution in [0.5, 0.6) is 0 Å². The number of hydrogen-bond acceptors (Lipinski definition) is 2. The molecule has 1 amide bonds. The maximum Gasteiger partial charge on any atom is 0.270 e. The summed E-state index contributed by atoms with van der Waals surface area (Å²) in [5, 5.41) is 0. The fourth-order valence-electron chi connectivity index (χ4n) is 2.83. The third kappa shape index (κ3) is 3.59. The Kier molecular flexibility index (Phi) is 4.71. The first-order valence-electron chi connectivity index (χ1n) is 8.00. The highest BCUT2D eigenvalue weighted by Gasteiger charge is 2.22. The molecular weight excluding hydrogens is 288 g/mol. The number of rotatable bonds is 3. The van der Waals surface area contributed by atoms with Crippen LogP contribution in [0, 0.1) is 0 Å². The Bertz CT molecular complexity index is 756. The molecule has 0 aliphatic carbocycles. The molecule has 0 N–H and O–H groups in total. The van der Waals surface area contributed by atoms with E-state index < -0.39 is 0 Å². The van der Waals surface area contributed by atoms with Gasteiger partial charge in [0.25, 0.3) is 11.5 Å². The standard InChI is InChI=1S/C19H20N2O2/c22-18-11-5-8-14-21(18)17(15-16-9-3-1-4-10-16)19(23)20-12-6-2-7-13-20/h1,3-5,8-11,14-15H,2,6-7,12-13H2/b17-15+. The minimum atomic E-state index is -0.194. The van der Waals surface area contributed by atoms with E-state index in [4.69, 9.17) is 0 Å². The van der Waals surface area contributed by atoms with Crippen molar-refractivity contribution in [3.05, 3.63) is 70.6 Å². The van der Waals surface area contributed by atoms with Crippen LogP contribution in [-0.2, 0) is 4.79 Å². The minimum Gasteiger partial charge on any atom is -0.337 e. The van der Waals surface area contributed by atoms with Gasteiger partial charge in [-0.25, -0.2) is 0 Å². The number of pyridine rings is 1. The predicted octanol–water partition coefficient (Wildman–Crippen LogP) is 2.86. The molecule has 0 unspecified atom stereocenters. The van der Waals surface area contributed by atoms with Crippen molar-refractivity contribution < 1.29 is 4.79 Å². The van der Waals surface area contributed by atoms with Gasteiger partial charge >= 0.3 is 0 Å². The molecule has 23 heavy (non-hydrogen) atoms. The average molecular weight is 308 g/mol. The zero-order valence-electron chi connectivity index (χ0n) is 13.0. The number of amides is 1. The second-order valence-corrected chi connectivity index (χ2v) is 5.70. The summed E-state index contributed by atoms with van der Waals surface area (Å²) in [5.74, 6) is -0.0816. The van der Waals surface area contributed by atoms with Crippen LogP contribution >= 0.6 is 0 Å². The Morgan fingerprint density at radius 2 is 1.61 bits per heavy atom. The molecule has 0 radical (unpaired) electrons. The van der Waals surface area contributed by atoms with E-state index in [0.29, 0.717) is 5.70 Å². The summed E-state index contributed by atoms with van der Waals surface area (Å²) in [7, 11) is 0. The molecule has 118 valence electrons. The zero-order chi connectivity index (χ0) is 16.1. The van der Waals surface area contributed by atoms with E-state index in [2.05, 4.69) is 0 Å². The van der Waals surface area contributed by atoms with Crippen LogP contribution in [0.4, 0.5) is 0 Å². The van der Waals surface area contributed by atoms with Crippen molar-refractivity contribution in [3.8, 4) is 0 Å². The molecule has 2 aromatic rings. The van der Waals surface area contributed by atoms with Crippen molar-refractivity contribution in [3.63, 3.8) is 0 Å². The number of likely N-dealkylation sites (tertiary alicyclic amines) is 1. The lowest BCUT2D eigenvalue weighted by atomic mass is 10.1. The molecule has 0 atom stereocenters. The second kappa shape index (κ2) is 7.09. The molecular formula is C19H20N2O2. The molecule has 0 bridgehead atoms. The van der Waals surface area contributed by atoms with Crippen molar-refractivity contribution in [2.24, 2.45) is 0 Å². The number of nitrogens with zero attached hydrogens (tertiary/aromatic N) is 2. The van der Waals surface area contributed by atoms with Crippen LogP contribution in [-0.4, -0.2) is 28.5 Å². The smallest absolute Gasteiger partial charge is 0.270 e. The molecule has 1 aromatic carbocycles. The lowest BCUT2D eigenvalue weighted by molar-refractivity contribution is -0.126. The molecule has 1 aromatic heterocycles. The highest BCUT2D eigenvalue weighted by Crippen LogP contribution is 2.17. The zero-order valence-corrected chi connectivity index (χ0v) is 13.0. The van der Waals surface area contributed by atoms with Crippen molar-refractivity contribution >= 4 is 17.7 Å². The van der Waals surface area contributed by atoms with Crippen molar-refractivity contribution in [1.29, 1.82) is 0 Å². The Balaban J connectivity index is 2.03. The summed E-state index contributed by atoms with van der Waals surface area (Å²) in [6.45, 7) is 1.51. The molecule has 1 fully saturated rings. The average Bonchev–Trinajstić information content (AvgIpc) is 2.61. The Labute approximate surface area is 135 Å².